The first-order valence-electron chi connectivity index (χ1n) is 8.02. The van der Waals surface area contributed by atoms with Crippen molar-refractivity contribution in [2.75, 3.05) is 23.3 Å². The molecular formula is C18H24N4. The Morgan fingerprint density at radius 3 is 2.64 bits per heavy atom. The summed E-state index contributed by atoms with van der Waals surface area (Å²) >= 11 is 0. The number of nitrogens with zero attached hydrogens (tertiary/aromatic N) is 3. The number of hydrogen-bond donors (Lipinski definition) is 1. The third-order valence-electron chi connectivity index (χ3n) is 4.34. The van der Waals surface area contributed by atoms with Gasteiger partial charge in [-0.25, -0.2) is 9.97 Å². The lowest BCUT2D eigenvalue weighted by Gasteiger charge is -2.35. The highest BCUT2D eigenvalue weighted by atomic mass is 15.2. The quantitative estimate of drug-likeness (QED) is 0.941. The van der Waals surface area contributed by atoms with Gasteiger partial charge in [0.1, 0.15) is 11.6 Å². The van der Waals surface area contributed by atoms with Crippen molar-refractivity contribution in [3.8, 4) is 0 Å². The molecular weight excluding hydrogens is 272 g/mol. The summed E-state index contributed by atoms with van der Waals surface area (Å²) in [5.41, 5.74) is 3.48. The molecule has 0 bridgehead atoms. The second-order valence-corrected chi connectivity index (χ2v) is 6.10. The molecule has 1 aliphatic rings. The zero-order valence-corrected chi connectivity index (χ0v) is 13.6. The van der Waals surface area contributed by atoms with Crippen LogP contribution in [0.3, 0.4) is 0 Å². The third-order valence-corrected chi connectivity index (χ3v) is 4.34. The van der Waals surface area contributed by atoms with Crippen LogP contribution in [0.4, 0.5) is 11.5 Å². The molecule has 1 N–H and O–H groups in total. The van der Waals surface area contributed by atoms with Crippen molar-refractivity contribution in [3.05, 3.63) is 47.4 Å². The van der Waals surface area contributed by atoms with Gasteiger partial charge in [-0.3, -0.25) is 0 Å². The number of rotatable bonds is 3. The Kier molecular flexibility index (Phi) is 4.27. The van der Waals surface area contributed by atoms with Crippen molar-refractivity contribution in [1.82, 2.24) is 9.97 Å². The lowest BCUT2D eigenvalue weighted by molar-refractivity contribution is 0.525. The Morgan fingerprint density at radius 1 is 1.09 bits per heavy atom. The van der Waals surface area contributed by atoms with Crippen LogP contribution in [0.1, 0.15) is 29.9 Å². The molecule has 1 aliphatic heterocycles. The van der Waals surface area contributed by atoms with Crippen LogP contribution >= 0.6 is 0 Å². The van der Waals surface area contributed by atoms with Gasteiger partial charge >= 0.3 is 0 Å². The maximum absolute atomic E-state index is 4.69. The van der Waals surface area contributed by atoms with Crippen molar-refractivity contribution >= 4 is 11.5 Å². The number of aryl methyl sites for hydroxylation is 2. The largest absolute Gasteiger partial charge is 0.381 e. The Labute approximate surface area is 132 Å². The average Bonchev–Trinajstić information content (AvgIpc) is 2.52. The van der Waals surface area contributed by atoms with E-state index in [1.54, 1.807) is 0 Å². The van der Waals surface area contributed by atoms with Crippen molar-refractivity contribution in [2.24, 2.45) is 0 Å². The minimum Gasteiger partial charge on any atom is -0.381 e. The van der Waals surface area contributed by atoms with E-state index in [-0.39, 0.29) is 0 Å². The molecule has 2 heterocycles. The van der Waals surface area contributed by atoms with Gasteiger partial charge in [0.15, 0.2) is 0 Å². The smallest absolute Gasteiger partial charge is 0.135 e. The molecule has 0 amide bonds. The Balaban J connectivity index is 1.76. The molecule has 1 saturated heterocycles. The predicted molar refractivity (Wildman–Crippen MR) is 91.5 cm³/mol. The zero-order chi connectivity index (χ0) is 15.5. The summed E-state index contributed by atoms with van der Waals surface area (Å²) in [7, 11) is 0. The molecule has 4 heteroatoms. The summed E-state index contributed by atoms with van der Waals surface area (Å²) in [5.74, 6) is 1.96. The first kappa shape index (κ1) is 14.8. The van der Waals surface area contributed by atoms with Crippen LogP contribution in [0.25, 0.3) is 0 Å². The van der Waals surface area contributed by atoms with E-state index in [1.165, 1.54) is 24.1 Å². The second-order valence-electron chi connectivity index (χ2n) is 6.10. The fourth-order valence-corrected chi connectivity index (χ4v) is 3.12. The van der Waals surface area contributed by atoms with Crippen LogP contribution in [-0.4, -0.2) is 29.1 Å². The van der Waals surface area contributed by atoms with Crippen molar-refractivity contribution in [1.29, 1.82) is 0 Å². The summed E-state index contributed by atoms with van der Waals surface area (Å²) in [5, 5.41) is 3.64. The van der Waals surface area contributed by atoms with E-state index in [4.69, 9.17) is 0 Å². The molecule has 4 nitrogen and oxygen atoms in total. The minimum absolute atomic E-state index is 0.464. The standard InChI is InChI=1S/C18H24N4/c1-13-14(2)19-15(3)20-18(13)22-11-7-10-17(12-22)21-16-8-5-4-6-9-16/h4-6,8-9,17,21H,7,10-12H2,1-3H3. The van der Waals surface area contributed by atoms with Crippen molar-refractivity contribution < 1.29 is 0 Å². The van der Waals surface area contributed by atoms with Gasteiger partial charge in [-0.1, -0.05) is 18.2 Å². The van der Waals surface area contributed by atoms with Crippen LogP contribution in [0.2, 0.25) is 0 Å². The van der Waals surface area contributed by atoms with E-state index >= 15 is 0 Å². The first-order chi connectivity index (χ1) is 10.6. The molecule has 22 heavy (non-hydrogen) atoms. The normalized spacial score (nSPS) is 18.3. The molecule has 1 atom stereocenters. The highest BCUT2D eigenvalue weighted by molar-refractivity contribution is 5.50. The maximum Gasteiger partial charge on any atom is 0.135 e. The highest BCUT2D eigenvalue weighted by Gasteiger charge is 2.22. The van der Waals surface area contributed by atoms with Gasteiger partial charge < -0.3 is 10.2 Å². The fourth-order valence-electron chi connectivity index (χ4n) is 3.12. The van der Waals surface area contributed by atoms with Crippen LogP contribution < -0.4 is 10.2 Å². The lowest BCUT2D eigenvalue weighted by Crippen LogP contribution is -2.43. The molecule has 1 unspecified atom stereocenters. The van der Waals surface area contributed by atoms with Crippen LogP contribution in [-0.2, 0) is 0 Å². The number of anilines is 2. The minimum atomic E-state index is 0.464. The highest BCUT2D eigenvalue weighted by Crippen LogP contribution is 2.24. The third kappa shape index (κ3) is 3.21. The van der Waals surface area contributed by atoms with Gasteiger partial charge in [-0.2, -0.15) is 0 Å². The van der Waals surface area contributed by atoms with Crippen LogP contribution in [0.15, 0.2) is 30.3 Å². The Hall–Kier alpha value is -2.10. The number of para-hydroxylation sites is 1. The van der Waals surface area contributed by atoms with Gasteiger partial charge in [0.2, 0.25) is 0 Å². The summed E-state index contributed by atoms with van der Waals surface area (Å²) in [6, 6.07) is 10.9. The summed E-state index contributed by atoms with van der Waals surface area (Å²) in [6.07, 6.45) is 2.39. The molecule has 1 aromatic carbocycles. The van der Waals surface area contributed by atoms with E-state index in [0.717, 1.165) is 30.4 Å². The number of aromatic nitrogens is 2. The number of hydrogen-bond acceptors (Lipinski definition) is 4. The van der Waals surface area contributed by atoms with Crippen LogP contribution in [0.5, 0.6) is 0 Å². The molecule has 0 saturated carbocycles. The number of piperidine rings is 1. The molecule has 0 radical (unpaired) electrons. The summed E-state index contributed by atoms with van der Waals surface area (Å²) < 4.78 is 0. The molecule has 1 fully saturated rings. The zero-order valence-electron chi connectivity index (χ0n) is 13.6. The molecule has 2 aromatic rings. The lowest BCUT2D eigenvalue weighted by atomic mass is 10.0. The van der Waals surface area contributed by atoms with Crippen LogP contribution in [0, 0.1) is 20.8 Å². The monoisotopic (exact) mass is 296 g/mol. The molecule has 3 rings (SSSR count). The van der Waals surface area contributed by atoms with E-state index in [2.05, 4.69) is 58.3 Å². The van der Waals surface area contributed by atoms with Crippen molar-refractivity contribution in [3.63, 3.8) is 0 Å². The fraction of sp³-hybridized carbons (Fsp3) is 0.444. The van der Waals surface area contributed by atoms with Gasteiger partial charge in [-0.15, -0.1) is 0 Å². The Morgan fingerprint density at radius 2 is 1.86 bits per heavy atom. The van der Waals surface area contributed by atoms with E-state index in [1.807, 2.05) is 13.0 Å². The molecule has 116 valence electrons. The Bertz CT molecular complexity index is 639. The van der Waals surface area contributed by atoms with E-state index < -0.39 is 0 Å². The van der Waals surface area contributed by atoms with Gasteiger partial charge in [0.25, 0.3) is 0 Å². The van der Waals surface area contributed by atoms with Gasteiger partial charge in [-0.05, 0) is 45.7 Å². The molecule has 0 aliphatic carbocycles. The van der Waals surface area contributed by atoms with E-state index in [9.17, 15) is 0 Å². The number of benzene rings is 1. The van der Waals surface area contributed by atoms with Gasteiger partial charge in [0, 0.05) is 36.1 Å². The average molecular weight is 296 g/mol. The topological polar surface area (TPSA) is 41.1 Å². The summed E-state index contributed by atoms with van der Waals surface area (Å²) in [6.45, 7) is 8.23. The maximum atomic E-state index is 4.69. The predicted octanol–water partition coefficient (Wildman–Crippen LogP) is 3.48. The molecule has 0 spiro atoms. The van der Waals surface area contributed by atoms with Crippen molar-refractivity contribution in [2.45, 2.75) is 39.7 Å². The first-order valence-corrected chi connectivity index (χ1v) is 8.02. The second kappa shape index (κ2) is 6.34. The van der Waals surface area contributed by atoms with Gasteiger partial charge in [0.05, 0.1) is 0 Å². The molecule has 1 aromatic heterocycles. The van der Waals surface area contributed by atoms with E-state index in [0.29, 0.717) is 6.04 Å². The SMILES string of the molecule is Cc1nc(C)c(C)c(N2CCCC(Nc3ccccc3)C2)n1. The number of nitrogens with one attached hydrogen (secondary N) is 1. The summed E-state index contributed by atoms with van der Waals surface area (Å²) in [4.78, 5) is 11.6.